The van der Waals surface area contributed by atoms with Crippen molar-refractivity contribution in [3.8, 4) is 16.9 Å². The SMILES string of the molecule is CC(=O)C(C)(C)NC(=O)c1ccc(-c2c(F)c(Cl)cc([C@H](C)c3nc(C)c4c(N)nccn34)c2OC(C)C)cn1. The second kappa shape index (κ2) is 10.8. The lowest BCUT2D eigenvalue weighted by molar-refractivity contribution is -0.121. The number of benzene rings is 1. The highest BCUT2D eigenvalue weighted by Crippen LogP contribution is 2.44. The second-order valence-corrected chi connectivity index (χ2v) is 10.9. The topological polar surface area (TPSA) is 124 Å². The summed E-state index contributed by atoms with van der Waals surface area (Å²) in [5, 5.41) is 2.56. The number of carbonyl (C=O) groups excluding carboxylic acids is 2. The molecule has 3 aromatic heterocycles. The Kier molecular flexibility index (Phi) is 7.85. The van der Waals surface area contributed by atoms with Crippen LogP contribution in [-0.4, -0.2) is 42.7 Å². The van der Waals surface area contributed by atoms with Gasteiger partial charge >= 0.3 is 0 Å². The van der Waals surface area contributed by atoms with Crippen molar-refractivity contribution < 1.29 is 18.7 Å². The number of aryl methyl sites for hydroxylation is 1. The minimum absolute atomic E-state index is 0.0750. The fourth-order valence-electron chi connectivity index (χ4n) is 4.40. The molecule has 210 valence electrons. The number of carbonyl (C=O) groups is 2. The number of nitrogens with zero attached hydrogens (tertiary/aromatic N) is 4. The fraction of sp³-hybridized carbons (Fsp3) is 0.345. The first-order chi connectivity index (χ1) is 18.7. The number of ketones is 1. The molecule has 0 fully saturated rings. The van der Waals surface area contributed by atoms with Crippen molar-refractivity contribution >= 4 is 34.6 Å². The molecule has 40 heavy (non-hydrogen) atoms. The van der Waals surface area contributed by atoms with E-state index in [4.69, 9.17) is 27.1 Å². The molecular formula is C29H32ClFN6O3. The molecule has 1 aromatic carbocycles. The second-order valence-electron chi connectivity index (χ2n) is 10.5. The van der Waals surface area contributed by atoms with Crippen LogP contribution in [0.25, 0.3) is 16.6 Å². The Morgan fingerprint density at radius 2 is 1.90 bits per heavy atom. The number of anilines is 1. The lowest BCUT2D eigenvalue weighted by atomic mass is 9.93. The summed E-state index contributed by atoms with van der Waals surface area (Å²) in [6.07, 6.45) is 4.45. The van der Waals surface area contributed by atoms with Crippen molar-refractivity contribution in [1.82, 2.24) is 24.7 Å². The number of nitrogens with two attached hydrogens (primary N) is 1. The largest absolute Gasteiger partial charge is 0.490 e. The van der Waals surface area contributed by atoms with Gasteiger partial charge in [-0.25, -0.2) is 14.4 Å². The van der Waals surface area contributed by atoms with E-state index in [-0.39, 0.29) is 39.8 Å². The number of imidazole rings is 1. The molecule has 0 unspecified atom stereocenters. The molecule has 0 saturated heterocycles. The van der Waals surface area contributed by atoms with Gasteiger partial charge in [-0.05, 0) is 53.7 Å². The Labute approximate surface area is 236 Å². The van der Waals surface area contributed by atoms with E-state index in [9.17, 15) is 9.59 Å². The number of amides is 1. The van der Waals surface area contributed by atoms with Crippen LogP contribution in [0.5, 0.6) is 5.75 Å². The van der Waals surface area contributed by atoms with Crippen LogP contribution in [0.2, 0.25) is 5.02 Å². The standard InChI is InChI=1S/C29H32ClFN6O3/c1-14(2)40-25-19(15(3)27-35-16(4)24-26(32)33-10-11-37(24)27)12-20(30)23(31)22(25)18-8-9-21(34-13-18)28(39)36-29(6,7)17(5)38/h8-15H,1-7H3,(H2,32,33)(H,36,39)/t15-/m0/s1. The average molecular weight is 567 g/mol. The van der Waals surface area contributed by atoms with Crippen molar-refractivity contribution in [2.75, 3.05) is 5.73 Å². The number of pyridine rings is 1. The summed E-state index contributed by atoms with van der Waals surface area (Å²) >= 11 is 6.44. The Morgan fingerprint density at radius 1 is 1.20 bits per heavy atom. The predicted molar refractivity (Wildman–Crippen MR) is 152 cm³/mol. The molecular weight excluding hydrogens is 535 g/mol. The fourth-order valence-corrected chi connectivity index (χ4v) is 4.61. The summed E-state index contributed by atoms with van der Waals surface area (Å²) in [4.78, 5) is 37.7. The molecule has 4 aromatic rings. The van der Waals surface area contributed by atoms with E-state index in [1.807, 2.05) is 32.1 Å². The van der Waals surface area contributed by atoms with Gasteiger partial charge in [0, 0.05) is 35.6 Å². The number of halogens is 2. The van der Waals surface area contributed by atoms with Gasteiger partial charge in [-0.3, -0.25) is 19.0 Å². The molecule has 11 heteroatoms. The van der Waals surface area contributed by atoms with Crippen molar-refractivity contribution in [1.29, 1.82) is 0 Å². The van der Waals surface area contributed by atoms with E-state index >= 15 is 4.39 Å². The Hall–Kier alpha value is -4.05. The van der Waals surface area contributed by atoms with E-state index in [1.54, 1.807) is 38.4 Å². The highest BCUT2D eigenvalue weighted by Gasteiger charge is 2.29. The maximum Gasteiger partial charge on any atom is 0.270 e. The zero-order valence-electron chi connectivity index (χ0n) is 23.5. The first kappa shape index (κ1) is 28.9. The molecule has 0 radical (unpaired) electrons. The maximum absolute atomic E-state index is 15.7. The summed E-state index contributed by atoms with van der Waals surface area (Å²) < 4.78 is 23.8. The molecule has 0 aliphatic rings. The highest BCUT2D eigenvalue weighted by molar-refractivity contribution is 6.31. The molecule has 1 atom stereocenters. The minimum Gasteiger partial charge on any atom is -0.490 e. The van der Waals surface area contributed by atoms with Crippen molar-refractivity contribution in [3.05, 3.63) is 70.4 Å². The monoisotopic (exact) mass is 566 g/mol. The summed E-state index contributed by atoms with van der Waals surface area (Å²) in [5.74, 6) is -0.497. The van der Waals surface area contributed by atoms with Crippen molar-refractivity contribution in [3.63, 3.8) is 0 Å². The van der Waals surface area contributed by atoms with Crippen LogP contribution in [0, 0.1) is 12.7 Å². The summed E-state index contributed by atoms with van der Waals surface area (Å²) in [6.45, 7) is 12.1. The molecule has 3 heterocycles. The van der Waals surface area contributed by atoms with Gasteiger partial charge in [0.05, 0.1) is 27.9 Å². The van der Waals surface area contributed by atoms with Crippen LogP contribution in [0.15, 0.2) is 36.8 Å². The highest BCUT2D eigenvalue weighted by atomic mass is 35.5. The first-order valence-corrected chi connectivity index (χ1v) is 13.2. The van der Waals surface area contributed by atoms with Crippen molar-refractivity contribution in [2.24, 2.45) is 0 Å². The van der Waals surface area contributed by atoms with Crippen LogP contribution in [0.4, 0.5) is 10.2 Å². The number of fused-ring (bicyclic) bond motifs is 1. The third-order valence-corrected chi connectivity index (χ3v) is 7.06. The molecule has 0 aliphatic heterocycles. The molecule has 0 spiro atoms. The number of nitrogens with one attached hydrogen (secondary N) is 1. The number of hydrogen-bond acceptors (Lipinski definition) is 7. The molecule has 0 bridgehead atoms. The quantitative estimate of drug-likeness (QED) is 0.288. The van der Waals surface area contributed by atoms with Gasteiger partial charge in [0.15, 0.2) is 11.6 Å². The molecule has 4 rings (SSSR count). The minimum atomic E-state index is -1.06. The first-order valence-electron chi connectivity index (χ1n) is 12.8. The van der Waals surface area contributed by atoms with E-state index < -0.39 is 17.3 Å². The number of ether oxygens (including phenoxy) is 1. The van der Waals surface area contributed by atoms with Crippen LogP contribution in [0.3, 0.4) is 0 Å². The van der Waals surface area contributed by atoms with Gasteiger partial charge in [0.25, 0.3) is 5.91 Å². The molecule has 9 nitrogen and oxygen atoms in total. The zero-order chi connectivity index (χ0) is 29.5. The number of rotatable bonds is 8. The lowest BCUT2D eigenvalue weighted by Gasteiger charge is -2.23. The summed E-state index contributed by atoms with van der Waals surface area (Å²) in [7, 11) is 0. The van der Waals surface area contributed by atoms with Gasteiger partial charge in [0.1, 0.15) is 28.6 Å². The molecule has 3 N–H and O–H groups in total. The van der Waals surface area contributed by atoms with Crippen LogP contribution in [-0.2, 0) is 4.79 Å². The molecule has 0 saturated carbocycles. The summed E-state index contributed by atoms with van der Waals surface area (Å²) in [6, 6.07) is 4.58. The predicted octanol–water partition coefficient (Wildman–Crippen LogP) is 5.51. The van der Waals surface area contributed by atoms with Crippen LogP contribution < -0.4 is 15.8 Å². The number of nitrogen functional groups attached to an aromatic ring is 1. The molecule has 0 aliphatic carbocycles. The lowest BCUT2D eigenvalue weighted by Crippen LogP contribution is -2.48. The van der Waals surface area contributed by atoms with Crippen molar-refractivity contribution in [2.45, 2.75) is 66.0 Å². The van der Waals surface area contributed by atoms with Gasteiger partial charge in [0.2, 0.25) is 0 Å². The van der Waals surface area contributed by atoms with E-state index in [2.05, 4.69) is 15.3 Å². The zero-order valence-corrected chi connectivity index (χ0v) is 24.2. The van der Waals surface area contributed by atoms with Gasteiger partial charge in [-0.1, -0.05) is 24.6 Å². The normalized spacial score (nSPS) is 12.6. The Bertz CT molecular complexity index is 1610. The van der Waals surface area contributed by atoms with E-state index in [1.165, 1.54) is 19.2 Å². The number of hydrogen-bond donors (Lipinski definition) is 2. The average Bonchev–Trinajstić information content (AvgIpc) is 3.23. The van der Waals surface area contributed by atoms with Gasteiger partial charge in [-0.15, -0.1) is 0 Å². The Balaban J connectivity index is 1.84. The third kappa shape index (κ3) is 5.36. The van der Waals surface area contributed by atoms with Crippen LogP contribution in [0.1, 0.15) is 75.0 Å². The number of Topliss-reactive ketones (excluding diaryl/α,β-unsaturated/α-hetero) is 1. The van der Waals surface area contributed by atoms with E-state index in [0.29, 0.717) is 34.0 Å². The Morgan fingerprint density at radius 3 is 2.50 bits per heavy atom. The van der Waals surface area contributed by atoms with E-state index in [0.717, 1.165) is 0 Å². The maximum atomic E-state index is 15.7. The number of aromatic nitrogens is 4. The molecule has 1 amide bonds. The summed E-state index contributed by atoms with van der Waals surface area (Å²) in [5.41, 5.74) is 7.62. The smallest absolute Gasteiger partial charge is 0.270 e. The van der Waals surface area contributed by atoms with Gasteiger partial charge < -0.3 is 15.8 Å². The van der Waals surface area contributed by atoms with Crippen LogP contribution >= 0.6 is 11.6 Å². The third-order valence-electron chi connectivity index (χ3n) is 6.78. The van der Waals surface area contributed by atoms with Gasteiger partial charge in [-0.2, -0.15) is 0 Å².